The van der Waals surface area contributed by atoms with E-state index in [1.165, 1.54) is 30.9 Å². The van der Waals surface area contributed by atoms with E-state index in [1.54, 1.807) is 0 Å². The maximum Gasteiger partial charge on any atom is 0.513 e. The molecule has 2 aromatic rings. The lowest BCUT2D eigenvalue weighted by Crippen LogP contribution is -2.11. The Morgan fingerprint density at radius 2 is 1.88 bits per heavy atom. The summed E-state index contributed by atoms with van der Waals surface area (Å²) in [6, 6.07) is 8.44. The number of aryl methyl sites for hydroxylation is 2. The number of methoxy groups -OCH3 is 1. The molecule has 4 nitrogen and oxygen atoms in total. The van der Waals surface area contributed by atoms with Crippen LogP contribution in [0.4, 0.5) is 9.18 Å². The molecule has 0 saturated heterocycles. The van der Waals surface area contributed by atoms with Gasteiger partial charge in [-0.1, -0.05) is 12.1 Å². The van der Waals surface area contributed by atoms with Gasteiger partial charge >= 0.3 is 6.16 Å². The molecule has 0 bridgehead atoms. The summed E-state index contributed by atoms with van der Waals surface area (Å²) in [6.07, 6.45) is 1.40. The first-order chi connectivity index (χ1) is 12.0. The summed E-state index contributed by atoms with van der Waals surface area (Å²) in [5.41, 5.74) is 3.69. The minimum absolute atomic E-state index is 0.0266. The SMILES string of the molecule is COC(=O)Oc1cccc(F)c1COc1cc(C)c(C)cc1C1CC1. The fourth-order valence-corrected chi connectivity index (χ4v) is 2.71. The Balaban J connectivity index is 1.85. The number of carbonyl (C=O) groups is 1. The minimum Gasteiger partial charge on any atom is -0.488 e. The third kappa shape index (κ3) is 3.92. The van der Waals surface area contributed by atoms with Crippen LogP contribution in [0.25, 0.3) is 0 Å². The molecule has 1 aliphatic carbocycles. The summed E-state index contributed by atoms with van der Waals surface area (Å²) in [5, 5.41) is 0. The van der Waals surface area contributed by atoms with Crippen molar-refractivity contribution in [2.24, 2.45) is 0 Å². The molecule has 0 atom stereocenters. The normalized spacial score (nSPS) is 13.4. The van der Waals surface area contributed by atoms with Crippen LogP contribution in [-0.4, -0.2) is 13.3 Å². The molecule has 5 heteroatoms. The van der Waals surface area contributed by atoms with Crippen LogP contribution >= 0.6 is 0 Å². The standard InChI is InChI=1S/C20H21FO4/c1-12-9-15(14-7-8-14)19(10-13(12)2)24-11-16-17(21)5-4-6-18(16)25-20(22)23-3/h4-6,9-10,14H,7-8,11H2,1-3H3. The summed E-state index contributed by atoms with van der Waals surface area (Å²) in [4.78, 5) is 11.3. The zero-order valence-corrected chi connectivity index (χ0v) is 14.6. The first-order valence-corrected chi connectivity index (χ1v) is 8.26. The fraction of sp³-hybridized carbons (Fsp3) is 0.350. The first kappa shape index (κ1) is 17.3. The Hall–Kier alpha value is -2.56. The van der Waals surface area contributed by atoms with Gasteiger partial charge in [0, 0.05) is 0 Å². The molecule has 1 fully saturated rings. The lowest BCUT2D eigenvalue weighted by molar-refractivity contribution is 0.120. The molecule has 0 aromatic heterocycles. The molecule has 132 valence electrons. The summed E-state index contributed by atoms with van der Waals surface area (Å²) < 4.78 is 29.6. The largest absolute Gasteiger partial charge is 0.513 e. The number of benzene rings is 2. The molecule has 0 heterocycles. The first-order valence-electron chi connectivity index (χ1n) is 8.26. The lowest BCUT2D eigenvalue weighted by Gasteiger charge is -2.16. The van der Waals surface area contributed by atoms with Gasteiger partial charge in [0.25, 0.3) is 0 Å². The van der Waals surface area contributed by atoms with Crippen molar-refractivity contribution < 1.29 is 23.4 Å². The van der Waals surface area contributed by atoms with E-state index in [4.69, 9.17) is 9.47 Å². The van der Waals surface area contributed by atoms with Crippen molar-refractivity contribution in [2.45, 2.75) is 39.2 Å². The number of carbonyl (C=O) groups excluding carboxylic acids is 1. The van der Waals surface area contributed by atoms with Crippen LogP contribution in [0.5, 0.6) is 11.5 Å². The quantitative estimate of drug-likeness (QED) is 0.563. The Morgan fingerprint density at radius 1 is 1.16 bits per heavy atom. The van der Waals surface area contributed by atoms with E-state index in [0.717, 1.165) is 29.7 Å². The third-order valence-electron chi connectivity index (χ3n) is 4.45. The predicted molar refractivity (Wildman–Crippen MR) is 91.7 cm³/mol. The molecule has 1 aliphatic rings. The average Bonchev–Trinajstić information content (AvgIpc) is 3.42. The van der Waals surface area contributed by atoms with Crippen LogP contribution in [0.15, 0.2) is 30.3 Å². The van der Waals surface area contributed by atoms with E-state index in [2.05, 4.69) is 17.7 Å². The van der Waals surface area contributed by atoms with Crippen molar-refractivity contribution in [2.75, 3.05) is 7.11 Å². The molecule has 0 spiro atoms. The molecule has 0 radical (unpaired) electrons. The number of halogens is 1. The molecule has 0 N–H and O–H groups in total. The van der Waals surface area contributed by atoms with Gasteiger partial charge in [0.1, 0.15) is 23.9 Å². The Labute approximate surface area is 146 Å². The summed E-state index contributed by atoms with van der Waals surface area (Å²) in [7, 11) is 1.20. The molecular formula is C20H21FO4. The number of ether oxygens (including phenoxy) is 3. The average molecular weight is 344 g/mol. The molecule has 25 heavy (non-hydrogen) atoms. The van der Waals surface area contributed by atoms with Gasteiger partial charge in [0.05, 0.1) is 12.7 Å². The van der Waals surface area contributed by atoms with Gasteiger partial charge in [-0.2, -0.15) is 0 Å². The highest BCUT2D eigenvalue weighted by Crippen LogP contribution is 2.45. The fourth-order valence-electron chi connectivity index (χ4n) is 2.71. The van der Waals surface area contributed by atoms with E-state index in [9.17, 15) is 9.18 Å². The van der Waals surface area contributed by atoms with Crippen molar-refractivity contribution >= 4 is 6.16 Å². The molecular weight excluding hydrogens is 323 g/mol. The number of rotatable bonds is 5. The van der Waals surface area contributed by atoms with Crippen LogP contribution in [0, 0.1) is 19.7 Å². The van der Waals surface area contributed by atoms with E-state index < -0.39 is 12.0 Å². The lowest BCUT2D eigenvalue weighted by atomic mass is 10.0. The van der Waals surface area contributed by atoms with Crippen LogP contribution < -0.4 is 9.47 Å². The van der Waals surface area contributed by atoms with E-state index in [-0.39, 0.29) is 17.9 Å². The minimum atomic E-state index is -0.892. The van der Waals surface area contributed by atoms with Crippen LogP contribution in [-0.2, 0) is 11.3 Å². The van der Waals surface area contributed by atoms with Crippen molar-refractivity contribution in [3.05, 3.63) is 58.4 Å². The number of hydrogen-bond donors (Lipinski definition) is 0. The van der Waals surface area contributed by atoms with Crippen LogP contribution in [0.3, 0.4) is 0 Å². The molecule has 3 rings (SSSR count). The molecule has 0 unspecified atom stereocenters. The molecule has 2 aromatic carbocycles. The second kappa shape index (κ2) is 7.13. The van der Waals surface area contributed by atoms with Gasteiger partial charge in [-0.3, -0.25) is 0 Å². The second-order valence-corrected chi connectivity index (χ2v) is 6.31. The third-order valence-corrected chi connectivity index (χ3v) is 4.45. The van der Waals surface area contributed by atoms with Gasteiger partial charge < -0.3 is 14.2 Å². The van der Waals surface area contributed by atoms with Crippen molar-refractivity contribution in [1.82, 2.24) is 0 Å². The molecule has 0 aliphatic heterocycles. The monoisotopic (exact) mass is 344 g/mol. The molecule has 0 amide bonds. The van der Waals surface area contributed by atoms with Gasteiger partial charge in [0.15, 0.2) is 0 Å². The molecule has 1 saturated carbocycles. The predicted octanol–water partition coefficient (Wildman–Crippen LogP) is 5.04. The Bertz CT molecular complexity index is 797. The Kier molecular flexibility index (Phi) is 4.93. The van der Waals surface area contributed by atoms with Crippen molar-refractivity contribution in [3.8, 4) is 11.5 Å². The zero-order chi connectivity index (χ0) is 18.0. The van der Waals surface area contributed by atoms with Crippen molar-refractivity contribution in [1.29, 1.82) is 0 Å². The highest BCUT2D eigenvalue weighted by atomic mass is 19.1. The van der Waals surface area contributed by atoms with Gasteiger partial charge in [-0.05, 0) is 67.5 Å². The topological polar surface area (TPSA) is 44.8 Å². The highest BCUT2D eigenvalue weighted by Gasteiger charge is 2.27. The maximum atomic E-state index is 14.2. The van der Waals surface area contributed by atoms with Crippen LogP contribution in [0.1, 0.15) is 41.0 Å². The highest BCUT2D eigenvalue weighted by molar-refractivity contribution is 5.64. The summed E-state index contributed by atoms with van der Waals surface area (Å²) in [5.74, 6) is 0.889. The summed E-state index contributed by atoms with van der Waals surface area (Å²) >= 11 is 0. The summed E-state index contributed by atoms with van der Waals surface area (Å²) in [6.45, 7) is 4.07. The number of hydrogen-bond acceptors (Lipinski definition) is 4. The van der Waals surface area contributed by atoms with E-state index in [1.807, 2.05) is 13.0 Å². The van der Waals surface area contributed by atoms with E-state index in [0.29, 0.717) is 5.92 Å². The van der Waals surface area contributed by atoms with Gasteiger partial charge in [-0.25, -0.2) is 9.18 Å². The second-order valence-electron chi connectivity index (χ2n) is 6.31. The van der Waals surface area contributed by atoms with Gasteiger partial charge in [0.2, 0.25) is 0 Å². The van der Waals surface area contributed by atoms with E-state index >= 15 is 0 Å². The van der Waals surface area contributed by atoms with Crippen LogP contribution in [0.2, 0.25) is 0 Å². The van der Waals surface area contributed by atoms with Gasteiger partial charge in [-0.15, -0.1) is 0 Å². The Morgan fingerprint density at radius 3 is 2.56 bits per heavy atom. The smallest absolute Gasteiger partial charge is 0.488 e. The maximum absolute atomic E-state index is 14.2. The van der Waals surface area contributed by atoms with Crippen molar-refractivity contribution in [3.63, 3.8) is 0 Å². The zero-order valence-electron chi connectivity index (χ0n) is 14.6.